The monoisotopic (exact) mass is 279 g/mol. The second-order valence-corrected chi connectivity index (χ2v) is 6.26. The number of fused-ring (bicyclic) bond motifs is 1. The molecule has 5 heteroatoms. The molecule has 0 unspecified atom stereocenters. The molecule has 1 aromatic heterocycles. The highest BCUT2D eigenvalue weighted by atomic mass is 32.2. The van der Waals surface area contributed by atoms with Crippen LogP contribution >= 0.6 is 11.8 Å². The lowest BCUT2D eigenvalue weighted by molar-refractivity contribution is 0.0736. The summed E-state index contributed by atoms with van der Waals surface area (Å²) >= 11 is 1.86. The highest BCUT2D eigenvalue weighted by Crippen LogP contribution is 2.30. The largest absolute Gasteiger partial charge is 0.455 e. The van der Waals surface area contributed by atoms with Crippen LogP contribution in [0.3, 0.4) is 0 Å². The molecule has 0 spiro atoms. The third-order valence-corrected chi connectivity index (χ3v) is 4.74. The van der Waals surface area contributed by atoms with Gasteiger partial charge in [-0.3, -0.25) is 9.59 Å². The Balaban J connectivity index is 1.92. The summed E-state index contributed by atoms with van der Waals surface area (Å²) in [5.41, 5.74) is 1.41. The molecule has 0 saturated carbocycles. The predicted molar refractivity (Wildman–Crippen MR) is 73.9 cm³/mol. The van der Waals surface area contributed by atoms with Gasteiger partial charge in [-0.2, -0.15) is 11.8 Å². The Bertz CT molecular complexity index is 529. The normalized spacial score (nSPS) is 19.4. The first-order valence-corrected chi connectivity index (χ1v) is 7.86. The van der Waals surface area contributed by atoms with Gasteiger partial charge in [0, 0.05) is 43.0 Å². The molecule has 1 amide bonds. The molecule has 0 atom stereocenters. The van der Waals surface area contributed by atoms with Crippen LogP contribution in [0.15, 0.2) is 4.42 Å². The second kappa shape index (κ2) is 5.04. The van der Waals surface area contributed by atoms with E-state index in [9.17, 15) is 9.59 Å². The van der Waals surface area contributed by atoms with Gasteiger partial charge in [-0.25, -0.2) is 0 Å². The van der Waals surface area contributed by atoms with E-state index in [-0.39, 0.29) is 11.7 Å². The molecule has 0 aromatic carbocycles. The van der Waals surface area contributed by atoms with E-state index in [2.05, 4.69) is 0 Å². The van der Waals surface area contributed by atoms with Crippen molar-refractivity contribution in [2.75, 3.05) is 24.6 Å². The van der Waals surface area contributed by atoms with Crippen molar-refractivity contribution >= 4 is 23.5 Å². The second-order valence-electron chi connectivity index (χ2n) is 5.04. The maximum Gasteiger partial charge on any atom is 0.289 e. The van der Waals surface area contributed by atoms with Crippen molar-refractivity contribution in [1.29, 1.82) is 0 Å². The summed E-state index contributed by atoms with van der Waals surface area (Å²) in [4.78, 5) is 26.2. The highest BCUT2D eigenvalue weighted by molar-refractivity contribution is 7.99. The highest BCUT2D eigenvalue weighted by Gasteiger charge is 2.31. The average molecular weight is 279 g/mol. The van der Waals surface area contributed by atoms with Crippen LogP contribution in [0.5, 0.6) is 0 Å². The molecule has 102 valence electrons. The molecule has 2 heterocycles. The van der Waals surface area contributed by atoms with Crippen LogP contribution in [-0.2, 0) is 6.42 Å². The van der Waals surface area contributed by atoms with Crippen molar-refractivity contribution in [3.8, 4) is 0 Å². The van der Waals surface area contributed by atoms with E-state index < -0.39 is 0 Å². The fraction of sp³-hybridized carbons (Fsp3) is 0.571. The average Bonchev–Trinajstić information content (AvgIpc) is 2.78. The molecule has 1 fully saturated rings. The topological polar surface area (TPSA) is 50.5 Å². The Morgan fingerprint density at radius 2 is 2.00 bits per heavy atom. The molecule has 0 bridgehead atoms. The van der Waals surface area contributed by atoms with Crippen LogP contribution in [0, 0.1) is 6.92 Å². The van der Waals surface area contributed by atoms with E-state index in [1.807, 2.05) is 23.6 Å². The number of carbonyl (C=O) groups is 2. The molecule has 0 N–H and O–H groups in total. The van der Waals surface area contributed by atoms with Crippen molar-refractivity contribution in [2.24, 2.45) is 0 Å². The maximum absolute atomic E-state index is 12.5. The molecule has 0 radical (unpaired) electrons. The van der Waals surface area contributed by atoms with Crippen molar-refractivity contribution in [2.45, 2.75) is 26.2 Å². The van der Waals surface area contributed by atoms with Crippen LogP contribution in [-0.4, -0.2) is 41.2 Å². The number of carbonyl (C=O) groups excluding carboxylic acids is 2. The number of aryl methyl sites for hydroxylation is 1. The summed E-state index contributed by atoms with van der Waals surface area (Å²) < 4.78 is 5.70. The molecule has 2 aliphatic rings. The van der Waals surface area contributed by atoms with Gasteiger partial charge in [-0.1, -0.05) is 0 Å². The van der Waals surface area contributed by atoms with Gasteiger partial charge < -0.3 is 9.32 Å². The molecular weight excluding hydrogens is 262 g/mol. The van der Waals surface area contributed by atoms with Gasteiger partial charge >= 0.3 is 0 Å². The van der Waals surface area contributed by atoms with Crippen LogP contribution in [0.25, 0.3) is 0 Å². The molecule has 19 heavy (non-hydrogen) atoms. The zero-order valence-electron chi connectivity index (χ0n) is 11.0. The standard InChI is InChI=1S/C14H17NO3S/c1-9-12-10(16)3-2-4-11(12)18-13(9)14(17)15-5-7-19-8-6-15/h2-8H2,1H3. The number of amides is 1. The van der Waals surface area contributed by atoms with Gasteiger partial charge in [0.1, 0.15) is 5.76 Å². The smallest absolute Gasteiger partial charge is 0.289 e. The lowest BCUT2D eigenvalue weighted by atomic mass is 9.94. The Morgan fingerprint density at radius 1 is 1.26 bits per heavy atom. The molecule has 1 aliphatic heterocycles. The minimum absolute atomic E-state index is 0.0556. The summed E-state index contributed by atoms with van der Waals surface area (Å²) in [6.45, 7) is 3.36. The lowest BCUT2D eigenvalue weighted by Gasteiger charge is -2.25. The Hall–Kier alpha value is -1.23. The molecule has 1 saturated heterocycles. The summed E-state index contributed by atoms with van der Waals surface area (Å²) in [7, 11) is 0. The number of hydrogen-bond donors (Lipinski definition) is 0. The molecule has 4 nitrogen and oxygen atoms in total. The lowest BCUT2D eigenvalue weighted by Crippen LogP contribution is -2.38. The first kappa shape index (κ1) is 12.8. The van der Waals surface area contributed by atoms with Gasteiger partial charge in [0.15, 0.2) is 11.5 Å². The summed E-state index contributed by atoms with van der Waals surface area (Å²) in [5.74, 6) is 3.11. The number of furan rings is 1. The maximum atomic E-state index is 12.5. The van der Waals surface area contributed by atoms with Crippen LogP contribution in [0.4, 0.5) is 0 Å². The van der Waals surface area contributed by atoms with Crippen molar-refractivity contribution in [3.63, 3.8) is 0 Å². The van der Waals surface area contributed by atoms with Gasteiger partial charge in [0.2, 0.25) is 0 Å². The quantitative estimate of drug-likeness (QED) is 0.791. The zero-order valence-corrected chi connectivity index (χ0v) is 11.8. The van der Waals surface area contributed by atoms with E-state index in [0.717, 1.165) is 43.0 Å². The summed E-state index contributed by atoms with van der Waals surface area (Å²) in [5, 5.41) is 0. The van der Waals surface area contributed by atoms with E-state index >= 15 is 0 Å². The van der Waals surface area contributed by atoms with Gasteiger partial charge in [0.25, 0.3) is 5.91 Å². The Labute approximate surface area is 116 Å². The third kappa shape index (κ3) is 2.20. The number of nitrogens with zero attached hydrogens (tertiary/aromatic N) is 1. The molecular formula is C14H17NO3S. The Kier molecular flexibility index (Phi) is 3.39. The fourth-order valence-corrected chi connectivity index (χ4v) is 3.67. The predicted octanol–water partition coefficient (Wildman–Crippen LogP) is 2.30. The number of hydrogen-bond acceptors (Lipinski definition) is 4. The zero-order chi connectivity index (χ0) is 13.4. The number of ketones is 1. The minimum Gasteiger partial charge on any atom is -0.455 e. The molecule has 1 aromatic rings. The summed E-state index contributed by atoms with van der Waals surface area (Å²) in [6.07, 6.45) is 2.17. The van der Waals surface area contributed by atoms with Crippen molar-refractivity contribution in [3.05, 3.63) is 22.6 Å². The van der Waals surface area contributed by atoms with Crippen LogP contribution in [0.2, 0.25) is 0 Å². The van der Waals surface area contributed by atoms with E-state index in [4.69, 9.17) is 4.42 Å². The molecule has 1 aliphatic carbocycles. The van der Waals surface area contributed by atoms with Crippen LogP contribution < -0.4 is 0 Å². The van der Waals surface area contributed by atoms with Crippen LogP contribution in [0.1, 0.15) is 45.1 Å². The van der Waals surface area contributed by atoms with Gasteiger partial charge in [-0.05, 0) is 13.3 Å². The first-order valence-electron chi connectivity index (χ1n) is 6.71. The first-order chi connectivity index (χ1) is 9.18. The fourth-order valence-electron chi connectivity index (χ4n) is 2.76. The Morgan fingerprint density at radius 3 is 2.68 bits per heavy atom. The van der Waals surface area contributed by atoms with Gasteiger partial charge in [-0.15, -0.1) is 0 Å². The van der Waals surface area contributed by atoms with E-state index in [1.54, 1.807) is 0 Å². The minimum atomic E-state index is -0.0556. The number of thioether (sulfide) groups is 1. The summed E-state index contributed by atoms with van der Waals surface area (Å²) in [6, 6.07) is 0. The third-order valence-electron chi connectivity index (χ3n) is 3.80. The number of rotatable bonds is 1. The van der Waals surface area contributed by atoms with Crippen molar-refractivity contribution in [1.82, 2.24) is 4.90 Å². The van der Waals surface area contributed by atoms with Gasteiger partial charge in [0.05, 0.1) is 5.56 Å². The van der Waals surface area contributed by atoms with Crippen molar-refractivity contribution < 1.29 is 14.0 Å². The molecule has 3 rings (SSSR count). The van der Waals surface area contributed by atoms with E-state index in [0.29, 0.717) is 23.5 Å². The number of Topliss-reactive ketones (excluding diaryl/α,β-unsaturated/α-hetero) is 1. The SMILES string of the molecule is Cc1c(C(=O)N2CCSCC2)oc2c1C(=O)CCC2. The van der Waals surface area contributed by atoms with E-state index in [1.165, 1.54) is 0 Å².